The number of aryl methyl sites for hydroxylation is 2. The largest absolute Gasteiger partial charge is 0.369 e. The van der Waals surface area contributed by atoms with Crippen molar-refractivity contribution in [3.05, 3.63) is 59.7 Å². The monoisotopic (exact) mass is 429 g/mol. The number of benzene rings is 2. The second-order valence-corrected chi connectivity index (χ2v) is 9.58. The van der Waals surface area contributed by atoms with Crippen molar-refractivity contribution < 1.29 is 18.0 Å². The highest BCUT2D eigenvalue weighted by Crippen LogP contribution is 2.26. The van der Waals surface area contributed by atoms with Gasteiger partial charge in [-0.3, -0.25) is 13.9 Å². The summed E-state index contributed by atoms with van der Waals surface area (Å²) in [5.74, 6) is -0.890. The molecule has 2 aromatic rings. The molecule has 1 heterocycles. The van der Waals surface area contributed by atoms with E-state index in [0.717, 1.165) is 15.4 Å². The maximum atomic E-state index is 13.4. The van der Waals surface area contributed by atoms with Crippen molar-refractivity contribution in [3.63, 3.8) is 0 Å². The van der Waals surface area contributed by atoms with E-state index in [9.17, 15) is 18.0 Å². The number of hydrogen-bond acceptors (Lipinski definition) is 4. The summed E-state index contributed by atoms with van der Waals surface area (Å²) in [5.41, 5.74) is 7.65. The second-order valence-electron chi connectivity index (χ2n) is 7.72. The molecule has 30 heavy (non-hydrogen) atoms. The molecule has 0 bridgehead atoms. The van der Waals surface area contributed by atoms with Gasteiger partial charge in [-0.2, -0.15) is 0 Å². The highest BCUT2D eigenvalue weighted by Gasteiger charge is 2.31. The minimum atomic E-state index is -3.93. The number of likely N-dealkylation sites (tertiary alicyclic amines) is 1. The first-order valence-electron chi connectivity index (χ1n) is 9.91. The number of primary amides is 1. The second kappa shape index (κ2) is 8.87. The van der Waals surface area contributed by atoms with Crippen LogP contribution in [0.25, 0.3) is 0 Å². The van der Waals surface area contributed by atoms with Gasteiger partial charge in [0.1, 0.15) is 6.54 Å². The van der Waals surface area contributed by atoms with Crippen LogP contribution < -0.4 is 10.0 Å². The Morgan fingerprint density at radius 2 is 1.67 bits per heavy atom. The zero-order valence-corrected chi connectivity index (χ0v) is 18.1. The number of rotatable bonds is 6. The number of carbonyl (C=O) groups excluding carboxylic acids is 2. The van der Waals surface area contributed by atoms with Crippen molar-refractivity contribution in [2.24, 2.45) is 11.7 Å². The predicted molar refractivity (Wildman–Crippen MR) is 115 cm³/mol. The topological polar surface area (TPSA) is 101 Å². The van der Waals surface area contributed by atoms with E-state index in [-0.39, 0.29) is 29.2 Å². The summed E-state index contributed by atoms with van der Waals surface area (Å²) >= 11 is 0. The van der Waals surface area contributed by atoms with Crippen LogP contribution >= 0.6 is 0 Å². The van der Waals surface area contributed by atoms with E-state index in [1.165, 1.54) is 0 Å². The van der Waals surface area contributed by atoms with Crippen LogP contribution in [-0.2, 0) is 19.6 Å². The average Bonchev–Trinajstić information content (AvgIpc) is 2.72. The summed E-state index contributed by atoms with van der Waals surface area (Å²) in [7, 11) is -3.93. The Bertz CT molecular complexity index is 1030. The third kappa shape index (κ3) is 4.81. The van der Waals surface area contributed by atoms with Crippen molar-refractivity contribution >= 4 is 27.5 Å². The lowest BCUT2D eigenvalue weighted by molar-refractivity contribution is -0.133. The molecule has 7 nitrogen and oxygen atoms in total. The van der Waals surface area contributed by atoms with Crippen molar-refractivity contribution in [3.8, 4) is 0 Å². The predicted octanol–water partition coefficient (Wildman–Crippen LogP) is 2.22. The van der Waals surface area contributed by atoms with E-state index in [4.69, 9.17) is 5.73 Å². The molecular formula is C22H27N3O4S. The smallest absolute Gasteiger partial charge is 0.264 e. The van der Waals surface area contributed by atoms with Gasteiger partial charge in [-0.05, 0) is 56.5 Å². The van der Waals surface area contributed by atoms with Gasteiger partial charge in [0.2, 0.25) is 11.8 Å². The van der Waals surface area contributed by atoms with Crippen molar-refractivity contribution in [1.29, 1.82) is 0 Å². The van der Waals surface area contributed by atoms with Gasteiger partial charge in [-0.25, -0.2) is 8.42 Å². The Labute approximate surface area is 177 Å². The van der Waals surface area contributed by atoms with E-state index in [1.54, 1.807) is 47.4 Å². The normalized spacial score (nSPS) is 15.1. The molecule has 0 unspecified atom stereocenters. The van der Waals surface area contributed by atoms with E-state index >= 15 is 0 Å². The quantitative estimate of drug-likeness (QED) is 0.761. The number of sulfonamides is 1. The molecule has 0 radical (unpaired) electrons. The van der Waals surface area contributed by atoms with E-state index in [1.807, 2.05) is 19.9 Å². The zero-order valence-electron chi connectivity index (χ0n) is 17.2. The number of nitrogens with two attached hydrogens (primary N) is 1. The summed E-state index contributed by atoms with van der Waals surface area (Å²) in [5, 5.41) is 0. The van der Waals surface area contributed by atoms with Crippen LogP contribution in [0, 0.1) is 19.8 Å². The lowest BCUT2D eigenvalue weighted by Gasteiger charge is -2.33. The Morgan fingerprint density at radius 3 is 2.23 bits per heavy atom. The van der Waals surface area contributed by atoms with Crippen molar-refractivity contribution in [2.75, 3.05) is 23.9 Å². The number of hydrogen-bond donors (Lipinski definition) is 1. The van der Waals surface area contributed by atoms with Gasteiger partial charge in [-0.15, -0.1) is 0 Å². The first-order valence-corrected chi connectivity index (χ1v) is 11.4. The number of amides is 2. The summed E-state index contributed by atoms with van der Waals surface area (Å²) in [6, 6.07) is 13.6. The molecule has 0 aromatic heterocycles. The van der Waals surface area contributed by atoms with E-state index in [0.29, 0.717) is 31.6 Å². The maximum absolute atomic E-state index is 13.4. The maximum Gasteiger partial charge on any atom is 0.264 e. The van der Waals surface area contributed by atoms with Crippen molar-refractivity contribution in [2.45, 2.75) is 31.6 Å². The number of carbonyl (C=O) groups is 2. The van der Waals surface area contributed by atoms with Crippen LogP contribution in [0.1, 0.15) is 24.0 Å². The molecule has 0 spiro atoms. The van der Waals surface area contributed by atoms with Crippen LogP contribution in [-0.4, -0.2) is 44.8 Å². The fourth-order valence-corrected chi connectivity index (χ4v) is 4.98. The fraction of sp³-hybridized carbons (Fsp3) is 0.364. The molecule has 160 valence electrons. The lowest BCUT2D eigenvalue weighted by Crippen LogP contribution is -2.47. The summed E-state index contributed by atoms with van der Waals surface area (Å²) in [6.07, 6.45) is 0.993. The molecule has 1 fully saturated rings. The van der Waals surface area contributed by atoms with E-state index in [2.05, 4.69) is 0 Å². The highest BCUT2D eigenvalue weighted by atomic mass is 32.2. The van der Waals surface area contributed by atoms with E-state index < -0.39 is 10.0 Å². The van der Waals surface area contributed by atoms with Gasteiger partial charge < -0.3 is 10.6 Å². The molecule has 1 aliphatic rings. The Balaban J connectivity index is 1.88. The molecule has 2 N–H and O–H groups in total. The lowest BCUT2D eigenvalue weighted by atomic mass is 9.96. The van der Waals surface area contributed by atoms with Gasteiger partial charge in [0.15, 0.2) is 0 Å². The van der Waals surface area contributed by atoms with Crippen LogP contribution in [0.4, 0.5) is 5.69 Å². The molecule has 3 rings (SSSR count). The zero-order chi connectivity index (χ0) is 21.9. The molecular weight excluding hydrogens is 402 g/mol. The van der Waals surface area contributed by atoms with Crippen molar-refractivity contribution in [1.82, 2.24) is 4.90 Å². The van der Waals surface area contributed by atoms with Gasteiger partial charge in [0, 0.05) is 19.0 Å². The summed E-state index contributed by atoms with van der Waals surface area (Å²) < 4.78 is 28.0. The molecule has 1 aliphatic heterocycles. The van der Waals surface area contributed by atoms with Gasteiger partial charge in [-0.1, -0.05) is 29.8 Å². The summed E-state index contributed by atoms with van der Waals surface area (Å²) in [6.45, 7) is 4.23. The molecule has 0 saturated carbocycles. The standard InChI is InChI=1S/C22H27N3O4S/c1-16-6-8-20(9-7-16)30(28,29)25(19-5-3-4-17(2)14-19)15-21(26)24-12-10-18(11-13-24)22(23)27/h3-9,14,18H,10-13,15H2,1-2H3,(H2,23,27). The molecule has 2 aromatic carbocycles. The minimum Gasteiger partial charge on any atom is -0.369 e. The third-order valence-corrected chi connectivity index (χ3v) is 7.22. The fourth-order valence-electron chi connectivity index (χ4n) is 3.57. The van der Waals surface area contributed by atoms with Crippen LogP contribution in [0.3, 0.4) is 0 Å². The average molecular weight is 430 g/mol. The highest BCUT2D eigenvalue weighted by molar-refractivity contribution is 7.92. The number of nitrogens with zero attached hydrogens (tertiary/aromatic N) is 2. The van der Waals surface area contributed by atoms with Gasteiger partial charge in [0.25, 0.3) is 10.0 Å². The third-order valence-electron chi connectivity index (χ3n) is 5.43. The number of anilines is 1. The Kier molecular flexibility index (Phi) is 6.45. The summed E-state index contributed by atoms with van der Waals surface area (Å²) in [4.78, 5) is 26.1. The number of piperidine rings is 1. The molecule has 0 aliphatic carbocycles. The van der Waals surface area contributed by atoms with Gasteiger partial charge >= 0.3 is 0 Å². The van der Waals surface area contributed by atoms with Crippen LogP contribution in [0.5, 0.6) is 0 Å². The first-order chi connectivity index (χ1) is 14.2. The van der Waals surface area contributed by atoms with Gasteiger partial charge in [0.05, 0.1) is 10.6 Å². The Hall–Kier alpha value is -2.87. The molecule has 0 atom stereocenters. The van der Waals surface area contributed by atoms with Crippen LogP contribution in [0.2, 0.25) is 0 Å². The SMILES string of the molecule is Cc1ccc(S(=O)(=O)N(CC(=O)N2CCC(C(N)=O)CC2)c2cccc(C)c2)cc1. The van der Waals surface area contributed by atoms with Crippen LogP contribution in [0.15, 0.2) is 53.4 Å². The first kappa shape index (κ1) is 21.8. The molecule has 2 amide bonds. The molecule has 8 heteroatoms. The minimum absolute atomic E-state index is 0.134. The Morgan fingerprint density at radius 1 is 1.03 bits per heavy atom. The molecule has 1 saturated heterocycles.